The molecule has 0 saturated carbocycles. The molecule has 0 fully saturated rings. The molecular formula is C129H98. The smallest absolute Gasteiger partial charge is 0.0159 e. The van der Waals surface area contributed by atoms with Crippen LogP contribution in [-0.4, -0.2) is 0 Å². The highest BCUT2D eigenvalue weighted by Gasteiger charge is 2.42. The van der Waals surface area contributed by atoms with E-state index in [4.69, 9.17) is 0 Å². The quantitative estimate of drug-likeness (QED) is 0.0946. The minimum atomic E-state index is -0.167. The van der Waals surface area contributed by atoms with Gasteiger partial charge < -0.3 is 0 Å². The fourth-order valence-electron chi connectivity index (χ4n) is 23.6. The van der Waals surface area contributed by atoms with Gasteiger partial charge in [0, 0.05) is 27.1 Å². The van der Waals surface area contributed by atoms with Crippen LogP contribution in [0.4, 0.5) is 0 Å². The van der Waals surface area contributed by atoms with Gasteiger partial charge in [0.15, 0.2) is 0 Å². The topological polar surface area (TPSA) is 0 Å². The summed E-state index contributed by atoms with van der Waals surface area (Å²) >= 11 is 0. The maximum atomic E-state index is 2.52. The Morgan fingerprint density at radius 2 is 0.372 bits per heavy atom. The molecule has 0 atom stereocenters. The molecule has 20 aromatic rings. The summed E-state index contributed by atoms with van der Waals surface area (Å²) < 4.78 is 0. The molecule has 0 heteroatoms. The zero-order chi connectivity index (χ0) is 87.1. The summed E-state index contributed by atoms with van der Waals surface area (Å²) in [6.45, 7) is 23.9. The molecule has 614 valence electrons. The van der Waals surface area contributed by atoms with E-state index >= 15 is 0 Å². The first-order valence-corrected chi connectivity index (χ1v) is 46.0. The van der Waals surface area contributed by atoms with Crippen LogP contribution in [0.15, 0.2) is 406 Å². The molecular weight excluding hydrogens is 1550 g/mol. The lowest BCUT2D eigenvalue weighted by molar-refractivity contribution is 0.660. The van der Waals surface area contributed by atoms with Gasteiger partial charge in [0.2, 0.25) is 0 Å². The summed E-state index contributed by atoms with van der Waals surface area (Å²) in [6.07, 6.45) is 2.32. The Kier molecular flexibility index (Phi) is 17.5. The highest BCUT2D eigenvalue weighted by molar-refractivity contribution is 6.24. The highest BCUT2D eigenvalue weighted by atomic mass is 14.4. The lowest BCUT2D eigenvalue weighted by Gasteiger charge is -2.24. The number of hydrogen-bond donors (Lipinski definition) is 0. The van der Waals surface area contributed by atoms with Crippen molar-refractivity contribution in [3.8, 4) is 134 Å². The van der Waals surface area contributed by atoms with Crippen LogP contribution in [0.1, 0.15) is 142 Å². The Morgan fingerprint density at radius 3 is 0.705 bits per heavy atom. The molecule has 0 amide bonds. The lowest BCUT2D eigenvalue weighted by Crippen LogP contribution is -2.15. The van der Waals surface area contributed by atoms with Crippen LogP contribution >= 0.6 is 0 Å². The summed E-state index contributed by atoms with van der Waals surface area (Å²) in [5.74, 6) is 0. The molecule has 0 aliphatic heterocycles. The summed E-state index contributed by atoms with van der Waals surface area (Å²) in [5, 5.41) is 10.2. The minimum absolute atomic E-state index is 0.0770. The van der Waals surface area contributed by atoms with Crippen LogP contribution in [0, 0.1) is 0 Å². The Morgan fingerprint density at radius 1 is 0.155 bits per heavy atom. The average Bonchev–Trinajstić information content (AvgIpc) is 1.63. The number of fused-ring (bicyclic) bond motifs is 19. The van der Waals surface area contributed by atoms with Crippen LogP contribution in [0.3, 0.4) is 0 Å². The van der Waals surface area contributed by atoms with Crippen molar-refractivity contribution < 1.29 is 0 Å². The normalized spacial score (nSPS) is 14.6. The Labute approximate surface area is 758 Å². The second kappa shape index (κ2) is 29.1. The van der Waals surface area contributed by atoms with Crippen LogP contribution in [0.2, 0.25) is 0 Å². The number of benzene rings is 20. The summed E-state index contributed by atoms with van der Waals surface area (Å²) in [5.41, 5.74) is 49.3. The van der Waals surface area contributed by atoms with E-state index in [1.165, 1.54) is 255 Å². The van der Waals surface area contributed by atoms with E-state index in [9.17, 15) is 0 Å². The molecule has 0 heterocycles. The zero-order valence-electron chi connectivity index (χ0n) is 74.8. The van der Waals surface area contributed by atoms with E-state index in [1.807, 2.05) is 0 Å². The lowest BCUT2D eigenvalue weighted by atomic mass is 9.79. The van der Waals surface area contributed by atoms with Gasteiger partial charge in [-0.15, -0.1) is 0 Å². The Balaban J connectivity index is 0.000000143. The second-order valence-electron chi connectivity index (χ2n) is 39.3. The predicted molar refractivity (Wildman–Crippen MR) is 549 cm³/mol. The molecule has 0 saturated heterocycles. The third-order valence-corrected chi connectivity index (χ3v) is 30.4. The second-order valence-corrected chi connectivity index (χ2v) is 39.3. The van der Waals surface area contributed by atoms with E-state index in [-0.39, 0.29) is 27.1 Å². The van der Waals surface area contributed by atoms with Crippen molar-refractivity contribution in [1.29, 1.82) is 0 Å². The summed E-state index contributed by atoms with van der Waals surface area (Å²) in [6, 6.07) is 153. The fraction of sp³-hybridized carbons (Fsp3) is 0.116. The molecule has 0 radical (unpaired) electrons. The Bertz CT molecular complexity index is 8090. The largest absolute Gasteiger partial charge is 0.0622 e. The van der Waals surface area contributed by atoms with Crippen molar-refractivity contribution in [2.24, 2.45) is 0 Å². The first-order valence-electron chi connectivity index (χ1n) is 46.0. The van der Waals surface area contributed by atoms with Crippen LogP contribution in [-0.2, 0) is 27.1 Å². The van der Waals surface area contributed by atoms with Crippen molar-refractivity contribution >= 4 is 54.7 Å². The van der Waals surface area contributed by atoms with Crippen LogP contribution in [0.5, 0.6) is 0 Å². The van der Waals surface area contributed by atoms with E-state index in [0.29, 0.717) is 0 Å². The number of rotatable bonds is 10. The van der Waals surface area contributed by atoms with Gasteiger partial charge in [0.25, 0.3) is 0 Å². The van der Waals surface area contributed by atoms with Gasteiger partial charge in [-0.3, -0.25) is 0 Å². The van der Waals surface area contributed by atoms with E-state index < -0.39 is 0 Å². The van der Waals surface area contributed by atoms with Gasteiger partial charge in [-0.1, -0.05) is 427 Å². The molecule has 0 nitrogen and oxygen atoms in total. The van der Waals surface area contributed by atoms with Gasteiger partial charge in [0.1, 0.15) is 0 Å². The molecule has 0 N–H and O–H groups in total. The van der Waals surface area contributed by atoms with E-state index in [0.717, 1.165) is 0 Å². The molecule has 20 aromatic carbocycles. The van der Waals surface area contributed by atoms with E-state index in [2.05, 4.69) is 482 Å². The van der Waals surface area contributed by atoms with Crippen molar-refractivity contribution in [1.82, 2.24) is 0 Å². The van der Waals surface area contributed by atoms with Crippen molar-refractivity contribution in [2.45, 2.75) is 96.3 Å². The molecule has 0 spiro atoms. The van der Waals surface area contributed by atoms with Gasteiger partial charge in [-0.2, -0.15) is 0 Å². The predicted octanol–water partition coefficient (Wildman–Crippen LogP) is 34.8. The monoisotopic (exact) mass is 1650 g/mol. The molecule has 129 heavy (non-hydrogen) atoms. The average molecular weight is 1650 g/mol. The molecule has 5 aliphatic rings. The zero-order valence-corrected chi connectivity index (χ0v) is 74.8. The maximum absolute atomic E-state index is 2.52. The summed E-state index contributed by atoms with van der Waals surface area (Å²) in [7, 11) is 0. The highest BCUT2D eigenvalue weighted by Crippen LogP contribution is 2.59. The fourth-order valence-corrected chi connectivity index (χ4v) is 23.6. The van der Waals surface area contributed by atoms with Crippen LogP contribution < -0.4 is 0 Å². The van der Waals surface area contributed by atoms with Crippen molar-refractivity contribution in [3.05, 3.63) is 479 Å². The van der Waals surface area contributed by atoms with Crippen molar-refractivity contribution in [2.75, 3.05) is 0 Å². The van der Waals surface area contributed by atoms with E-state index in [1.54, 1.807) is 0 Å². The van der Waals surface area contributed by atoms with Gasteiger partial charge >= 0.3 is 0 Å². The van der Waals surface area contributed by atoms with Gasteiger partial charge in [-0.25, -0.2) is 0 Å². The molecule has 0 aromatic heterocycles. The molecule has 25 rings (SSSR count). The first kappa shape index (κ1) is 77.7. The third-order valence-electron chi connectivity index (χ3n) is 30.4. The minimum Gasteiger partial charge on any atom is -0.0622 e. The Hall–Kier alpha value is -14.8. The third kappa shape index (κ3) is 12.0. The van der Waals surface area contributed by atoms with Crippen molar-refractivity contribution in [3.63, 3.8) is 0 Å². The standard InChI is InChI=1S/C65H50.C64H48/c1-63(2)55-22-14-12-18-45(55)47-30-25-42(36-57(47)63)40-26-33-53-54(34-40)62(44-28-31-48-46-19-13-15-23-56(46)64(3,4)59(48)38-44)52-21-11-10-20-51(52)61(53)43-27-32-50-49-29-24-41(39-16-8-7-9-17-39)35-58(49)65(5,6)60(50)37-43;1-63(2)57-25-15-13-21-48(57)50-34-31-46(39-59(50)63)45-32-36-54-56(38-45)62(47-33-35-51-49-22-14-16-26-58(49)64(3,4)60(51)40-47)53-24-12-11-23-52(53)61(54)44-29-27-41(28-30-44)37-55(42-17-7-5-8-18-42)43-19-9-6-10-20-43/h7-38H,1-6H3;5-40H,1-4H3. The molecule has 5 aliphatic carbocycles. The maximum Gasteiger partial charge on any atom is 0.0159 e. The van der Waals surface area contributed by atoms with Gasteiger partial charge in [-0.05, 0) is 309 Å². The van der Waals surface area contributed by atoms with Gasteiger partial charge in [0.05, 0.1) is 0 Å². The summed E-state index contributed by atoms with van der Waals surface area (Å²) in [4.78, 5) is 0. The molecule has 0 bridgehead atoms. The first-order chi connectivity index (χ1) is 62.7. The number of hydrogen-bond acceptors (Lipinski definition) is 0. The SMILES string of the molecule is CC1(C)c2ccccc2-c2ccc(-c3ccc4c(-c5ccc(C=C(c6ccccc6)c6ccccc6)cc5)c5ccccc5c(-c5ccc6c(c5)C(C)(C)c5ccccc5-6)c4c3)cc21.CC1(C)c2ccccc2-c2ccc(-c3ccc4c(-c5ccc6c(c5)C(C)(C)c5cc(-c7ccccc7)ccc5-6)c5ccccc5c(-c5ccc6c(c5)C(C)(C)c5ccccc5-6)c4c3)cc21. The molecule has 0 unspecified atom stereocenters. The van der Waals surface area contributed by atoms with Crippen LogP contribution in [0.25, 0.3) is 188 Å².